The Labute approximate surface area is 266 Å². The maximum atomic E-state index is 11.9. The number of aromatic nitrogens is 2. The molecule has 0 bridgehead atoms. The van der Waals surface area contributed by atoms with E-state index >= 15 is 0 Å². The van der Waals surface area contributed by atoms with Gasteiger partial charge in [0.25, 0.3) is 0 Å². The van der Waals surface area contributed by atoms with Crippen molar-refractivity contribution in [2.75, 3.05) is 72.8 Å². The maximum absolute atomic E-state index is 11.9. The molecule has 3 N–H and O–H groups in total. The number of piperazine rings is 1. The molecule has 14 heteroatoms. The van der Waals surface area contributed by atoms with E-state index < -0.39 is 10.0 Å². The first-order valence-corrected chi connectivity index (χ1v) is 17.2. The fraction of sp³-hybridized carbons (Fsp3) is 0.429. The number of anilines is 6. The van der Waals surface area contributed by atoms with E-state index in [9.17, 15) is 8.42 Å². The second-order valence-electron chi connectivity index (χ2n) is 10.9. The van der Waals surface area contributed by atoms with E-state index in [4.69, 9.17) is 23.2 Å². The molecular weight excluding hydrogens is 663 g/mol. The Hall–Kier alpha value is -2.35. The van der Waals surface area contributed by atoms with Crippen LogP contribution < -0.4 is 20.3 Å². The lowest BCUT2D eigenvalue weighted by Gasteiger charge is -2.43. The van der Waals surface area contributed by atoms with Crippen LogP contribution in [-0.4, -0.2) is 86.8 Å². The van der Waals surface area contributed by atoms with Crippen molar-refractivity contribution in [2.45, 2.75) is 25.8 Å². The third-order valence-corrected chi connectivity index (χ3v) is 9.38. The fourth-order valence-electron chi connectivity index (χ4n) is 5.44. The van der Waals surface area contributed by atoms with E-state index in [0.29, 0.717) is 49.4 Å². The summed E-state index contributed by atoms with van der Waals surface area (Å²) in [5.41, 5.74) is 3.73. The molecule has 2 saturated heterocycles. The third-order valence-electron chi connectivity index (χ3n) is 7.67. The Morgan fingerprint density at radius 2 is 1.67 bits per heavy atom. The van der Waals surface area contributed by atoms with Crippen LogP contribution in [0.25, 0.3) is 0 Å². The van der Waals surface area contributed by atoms with Crippen molar-refractivity contribution in [2.24, 2.45) is 0 Å². The van der Waals surface area contributed by atoms with Crippen molar-refractivity contribution in [3.05, 3.63) is 56.6 Å². The van der Waals surface area contributed by atoms with Gasteiger partial charge in [0, 0.05) is 62.2 Å². The summed E-state index contributed by atoms with van der Waals surface area (Å²) >= 11 is 16.4. The number of benzene rings is 2. The largest absolute Gasteiger partial charge is 0.371 e. The summed E-state index contributed by atoms with van der Waals surface area (Å²) in [6.07, 6.45) is 4.99. The van der Waals surface area contributed by atoms with Crippen LogP contribution in [0.4, 0.5) is 34.5 Å². The minimum absolute atomic E-state index is 0.322. The first kappa shape index (κ1) is 31.1. The molecule has 3 aromatic rings. The number of rotatable bonds is 8. The van der Waals surface area contributed by atoms with Gasteiger partial charge in [-0.3, -0.25) is 9.62 Å². The number of sulfonamides is 1. The van der Waals surface area contributed by atoms with Gasteiger partial charge < -0.3 is 20.4 Å². The van der Waals surface area contributed by atoms with Crippen molar-refractivity contribution < 1.29 is 8.42 Å². The van der Waals surface area contributed by atoms with Crippen LogP contribution in [0.2, 0.25) is 10.0 Å². The molecular formula is C28H35BrCl2N8O2S. The highest BCUT2D eigenvalue weighted by atomic mass is 79.9. The Bertz CT molecular complexity index is 1550. The number of hydrogen-bond acceptors (Lipinski definition) is 9. The van der Waals surface area contributed by atoms with Gasteiger partial charge in [0.05, 0.1) is 32.8 Å². The normalized spacial score (nSPS) is 17.3. The van der Waals surface area contributed by atoms with Gasteiger partial charge in [0.1, 0.15) is 5.82 Å². The Kier molecular flexibility index (Phi) is 9.70. The van der Waals surface area contributed by atoms with Crippen LogP contribution in [0.5, 0.6) is 0 Å². The summed E-state index contributed by atoms with van der Waals surface area (Å²) in [5.74, 6) is 0.737. The van der Waals surface area contributed by atoms with Crippen LogP contribution in [0.3, 0.4) is 0 Å². The number of piperidine rings is 1. The maximum Gasteiger partial charge on any atom is 0.229 e. The minimum Gasteiger partial charge on any atom is -0.371 e. The predicted octanol–water partition coefficient (Wildman–Crippen LogP) is 5.93. The van der Waals surface area contributed by atoms with E-state index in [0.717, 1.165) is 69.6 Å². The Morgan fingerprint density at radius 3 is 2.36 bits per heavy atom. The van der Waals surface area contributed by atoms with Crippen molar-refractivity contribution in [1.29, 1.82) is 0 Å². The van der Waals surface area contributed by atoms with Gasteiger partial charge in [-0.15, -0.1) is 0 Å². The average molecular weight is 699 g/mol. The molecule has 226 valence electrons. The second kappa shape index (κ2) is 13.1. The zero-order valence-corrected chi connectivity index (χ0v) is 27.7. The Morgan fingerprint density at radius 1 is 0.952 bits per heavy atom. The van der Waals surface area contributed by atoms with Crippen LogP contribution in [0.1, 0.15) is 18.4 Å². The van der Waals surface area contributed by atoms with E-state index in [1.54, 1.807) is 24.4 Å². The lowest BCUT2D eigenvalue weighted by molar-refractivity contribution is 0.0982. The zero-order valence-electron chi connectivity index (χ0n) is 23.8. The first-order chi connectivity index (χ1) is 19.9. The molecule has 42 heavy (non-hydrogen) atoms. The highest BCUT2D eigenvalue weighted by molar-refractivity contribution is 9.10. The third kappa shape index (κ3) is 7.78. The van der Waals surface area contributed by atoms with Crippen molar-refractivity contribution in [1.82, 2.24) is 19.8 Å². The molecule has 0 atom stereocenters. The van der Waals surface area contributed by atoms with Crippen LogP contribution in [0, 0.1) is 6.92 Å². The molecule has 0 saturated carbocycles. The monoisotopic (exact) mass is 696 g/mol. The molecule has 0 radical (unpaired) electrons. The summed E-state index contributed by atoms with van der Waals surface area (Å²) in [5, 5.41) is 7.39. The molecule has 2 fully saturated rings. The number of likely N-dealkylation sites (N-methyl/N-ethyl adjacent to an activating group) is 1. The van der Waals surface area contributed by atoms with Gasteiger partial charge in [0.15, 0.2) is 0 Å². The number of nitrogens with zero attached hydrogens (tertiary/aromatic N) is 5. The highest BCUT2D eigenvalue weighted by Gasteiger charge is 2.27. The SMILES string of the molecule is Cc1cc(Nc2ncc(Br)c(Nc3cc(Cl)ccc3NS(C)(=O)=O)n2)c(Cl)cc1N1CCC(N2CCN(C)CC2)CC1. The standard InChI is InChI=1S/C28H35BrCl2N8O2S/c1-18-14-24(22(31)16-26(18)39-8-6-20(7-9-39)38-12-10-37(2)11-13-38)34-28-32-17-21(29)27(35-28)33-25-15-19(30)4-5-23(25)36-42(3,40)41/h4-5,14-17,20,36H,6-13H2,1-3H3,(H2,32,33,34,35). The number of halogens is 3. The van der Waals surface area contributed by atoms with Crippen LogP contribution >= 0.6 is 39.1 Å². The van der Waals surface area contributed by atoms with E-state index in [1.807, 2.05) is 12.1 Å². The molecule has 5 rings (SSSR count). The van der Waals surface area contributed by atoms with Crippen LogP contribution in [0.15, 0.2) is 41.0 Å². The van der Waals surface area contributed by atoms with E-state index in [2.05, 4.69) is 69.9 Å². The molecule has 0 amide bonds. The highest BCUT2D eigenvalue weighted by Crippen LogP contribution is 2.36. The summed E-state index contributed by atoms with van der Waals surface area (Å²) in [6.45, 7) is 8.69. The molecule has 0 spiro atoms. The van der Waals surface area contributed by atoms with Crippen LogP contribution in [-0.2, 0) is 10.0 Å². The molecule has 10 nitrogen and oxygen atoms in total. The van der Waals surface area contributed by atoms with Crippen molar-refractivity contribution in [3.8, 4) is 0 Å². The average Bonchev–Trinajstić information content (AvgIpc) is 2.94. The first-order valence-electron chi connectivity index (χ1n) is 13.8. The van der Waals surface area contributed by atoms with Gasteiger partial charge in [-0.2, -0.15) is 4.98 Å². The van der Waals surface area contributed by atoms with Gasteiger partial charge in [-0.1, -0.05) is 23.2 Å². The topological polar surface area (TPSA) is 106 Å². The molecule has 2 aromatic carbocycles. The Balaban J connectivity index is 1.28. The molecule has 0 unspecified atom stereocenters. The number of nitrogens with one attached hydrogen (secondary N) is 3. The quantitative estimate of drug-likeness (QED) is 0.264. The molecule has 2 aliphatic rings. The number of aryl methyl sites for hydroxylation is 1. The van der Waals surface area contributed by atoms with Crippen molar-refractivity contribution >= 4 is 83.7 Å². The lowest BCUT2D eigenvalue weighted by atomic mass is 10.0. The van der Waals surface area contributed by atoms with Gasteiger partial charge in [-0.25, -0.2) is 13.4 Å². The fourth-order valence-corrected chi connectivity index (χ4v) is 6.68. The van der Waals surface area contributed by atoms with Crippen molar-refractivity contribution in [3.63, 3.8) is 0 Å². The molecule has 2 aliphatic heterocycles. The van der Waals surface area contributed by atoms with Gasteiger partial charge in [-0.05, 0) is 78.6 Å². The van der Waals surface area contributed by atoms with Gasteiger partial charge >= 0.3 is 0 Å². The minimum atomic E-state index is -3.51. The van der Waals surface area contributed by atoms with E-state index in [-0.39, 0.29) is 0 Å². The predicted molar refractivity (Wildman–Crippen MR) is 177 cm³/mol. The molecule has 3 heterocycles. The molecule has 0 aliphatic carbocycles. The lowest BCUT2D eigenvalue weighted by Crippen LogP contribution is -2.52. The second-order valence-corrected chi connectivity index (χ2v) is 14.3. The summed E-state index contributed by atoms with van der Waals surface area (Å²) in [6, 6.07) is 9.49. The zero-order chi connectivity index (χ0) is 30.0. The summed E-state index contributed by atoms with van der Waals surface area (Å²) in [7, 11) is -1.31. The summed E-state index contributed by atoms with van der Waals surface area (Å²) in [4.78, 5) is 16.5. The molecule has 1 aromatic heterocycles. The van der Waals surface area contributed by atoms with E-state index in [1.165, 1.54) is 0 Å². The van der Waals surface area contributed by atoms with Gasteiger partial charge in [0.2, 0.25) is 16.0 Å². The number of hydrogen-bond donors (Lipinski definition) is 3. The smallest absolute Gasteiger partial charge is 0.229 e. The summed E-state index contributed by atoms with van der Waals surface area (Å²) < 4.78 is 26.8.